The Morgan fingerprint density at radius 2 is 1.67 bits per heavy atom. The van der Waals surface area contributed by atoms with Crippen molar-refractivity contribution in [1.29, 1.82) is 0 Å². The maximum atomic E-state index is 14.9. The Bertz CT molecular complexity index is 1900. The topological polar surface area (TPSA) is 101 Å². The van der Waals surface area contributed by atoms with E-state index in [1.807, 2.05) is 44.7 Å². The zero-order chi connectivity index (χ0) is 40.1. The fraction of sp³-hybridized carbons (Fsp3) is 0.390. The van der Waals surface area contributed by atoms with Crippen molar-refractivity contribution in [1.82, 2.24) is 19.8 Å². The molecule has 1 amide bonds. The van der Waals surface area contributed by atoms with Crippen LogP contribution in [0.4, 0.5) is 34.8 Å². The highest BCUT2D eigenvalue weighted by atomic mass is 19.3. The summed E-state index contributed by atoms with van der Waals surface area (Å²) < 4.78 is 72.2. The van der Waals surface area contributed by atoms with Crippen molar-refractivity contribution in [2.24, 2.45) is 0 Å². The number of amides is 1. The van der Waals surface area contributed by atoms with E-state index < -0.39 is 17.6 Å². The number of rotatable bonds is 12. The van der Waals surface area contributed by atoms with Gasteiger partial charge in [0.2, 0.25) is 0 Å². The molecule has 2 aromatic heterocycles. The van der Waals surface area contributed by atoms with Crippen LogP contribution in [0.1, 0.15) is 62.2 Å². The van der Waals surface area contributed by atoms with Gasteiger partial charge in [-0.3, -0.25) is 4.79 Å². The van der Waals surface area contributed by atoms with Gasteiger partial charge < -0.3 is 34.6 Å². The van der Waals surface area contributed by atoms with Crippen LogP contribution in [0.2, 0.25) is 0 Å². The highest BCUT2D eigenvalue weighted by molar-refractivity contribution is 6.04. The fourth-order valence-electron chi connectivity index (χ4n) is 5.94. The van der Waals surface area contributed by atoms with Crippen LogP contribution in [0.3, 0.4) is 0 Å². The Balaban J connectivity index is 0.000000768. The van der Waals surface area contributed by atoms with Crippen LogP contribution in [-0.4, -0.2) is 79.1 Å². The standard InChI is InChI=1S/C34H34F4N6O3.C5H10O.C2H6/c1-46-23-8-6-21(29(16-23)47-2)19-44-20-28-32(33(44)45)27(17-26(41-28)31-24(35)4-3-5-25(31)36)42-30-9-7-22(18-40-30)39-12-15-43-13-10-34(37,38)11-14-43;1-4-5(2)6-3;1-2/h3-9,16-18,39H,10-15,19-20H2,1-2H3,(H,40,41,42);4H,1-3H3;1-2H3/b;5-4+;. The number of likely N-dealkylation sites (tertiary alicyclic amines) is 1. The number of nitrogens with one attached hydrogen (secondary N) is 2. The number of fused-ring (bicyclic) bond motifs is 1. The molecule has 0 bridgehead atoms. The highest BCUT2D eigenvalue weighted by Gasteiger charge is 2.35. The fourth-order valence-corrected chi connectivity index (χ4v) is 5.94. The summed E-state index contributed by atoms with van der Waals surface area (Å²) in [5, 5.41) is 6.41. The molecule has 4 heterocycles. The van der Waals surface area contributed by atoms with E-state index in [-0.39, 0.29) is 48.7 Å². The molecule has 0 spiro atoms. The molecule has 1 fully saturated rings. The third-order valence-electron chi connectivity index (χ3n) is 9.11. The number of piperidine rings is 1. The minimum atomic E-state index is -2.58. The lowest BCUT2D eigenvalue weighted by Crippen LogP contribution is -2.41. The zero-order valence-electron chi connectivity index (χ0n) is 32.4. The first kappa shape index (κ1) is 42.4. The molecule has 6 rings (SSSR count). The molecule has 296 valence electrons. The zero-order valence-corrected chi connectivity index (χ0v) is 32.4. The second-order valence-electron chi connectivity index (χ2n) is 12.6. The van der Waals surface area contributed by atoms with Gasteiger partial charge >= 0.3 is 0 Å². The largest absolute Gasteiger partial charge is 0.502 e. The normalized spacial score (nSPS) is 14.9. The third kappa shape index (κ3) is 11.1. The Kier molecular flexibility index (Phi) is 15.3. The Morgan fingerprint density at radius 1 is 0.964 bits per heavy atom. The number of nitrogens with zero attached hydrogens (tertiary/aromatic N) is 4. The second-order valence-corrected chi connectivity index (χ2v) is 12.6. The van der Waals surface area contributed by atoms with Crippen LogP contribution >= 0.6 is 0 Å². The van der Waals surface area contributed by atoms with E-state index in [1.54, 1.807) is 49.6 Å². The molecule has 55 heavy (non-hydrogen) atoms. The summed E-state index contributed by atoms with van der Waals surface area (Å²) >= 11 is 0. The molecule has 1 saturated heterocycles. The minimum Gasteiger partial charge on any atom is -0.502 e. The van der Waals surface area contributed by atoms with Gasteiger partial charge in [0, 0.05) is 50.7 Å². The number of ether oxygens (including phenoxy) is 3. The maximum absolute atomic E-state index is 14.9. The van der Waals surface area contributed by atoms with E-state index in [0.29, 0.717) is 54.9 Å². The van der Waals surface area contributed by atoms with Gasteiger partial charge in [-0.1, -0.05) is 26.0 Å². The van der Waals surface area contributed by atoms with Gasteiger partial charge in [0.15, 0.2) is 0 Å². The lowest BCUT2D eigenvalue weighted by molar-refractivity contribution is -0.0543. The number of hydrogen-bond donors (Lipinski definition) is 2. The third-order valence-corrected chi connectivity index (χ3v) is 9.11. The van der Waals surface area contributed by atoms with E-state index >= 15 is 0 Å². The molecular formula is C41H50F4N6O4. The summed E-state index contributed by atoms with van der Waals surface area (Å²) in [6.07, 6.45) is 3.26. The summed E-state index contributed by atoms with van der Waals surface area (Å²) in [5.41, 5.74) is 2.14. The van der Waals surface area contributed by atoms with Crippen molar-refractivity contribution < 1.29 is 36.6 Å². The highest BCUT2D eigenvalue weighted by Crippen LogP contribution is 2.37. The predicted octanol–water partition coefficient (Wildman–Crippen LogP) is 9.06. The van der Waals surface area contributed by atoms with Crippen LogP contribution in [0, 0.1) is 11.6 Å². The number of carbonyl (C=O) groups excluding carboxylic acids is 1. The Morgan fingerprint density at radius 3 is 2.25 bits per heavy atom. The molecule has 4 aromatic rings. The predicted molar refractivity (Wildman–Crippen MR) is 207 cm³/mol. The molecule has 2 aliphatic heterocycles. The van der Waals surface area contributed by atoms with Gasteiger partial charge in [0.25, 0.3) is 11.8 Å². The van der Waals surface area contributed by atoms with E-state index in [4.69, 9.17) is 14.2 Å². The molecule has 2 aromatic carbocycles. The number of halogens is 4. The number of pyridine rings is 2. The summed E-state index contributed by atoms with van der Waals surface area (Å²) in [4.78, 5) is 26.4. The van der Waals surface area contributed by atoms with Gasteiger partial charge in [-0.15, -0.1) is 0 Å². The quantitative estimate of drug-likeness (QED) is 0.108. The number of alkyl halides is 2. The van der Waals surface area contributed by atoms with Gasteiger partial charge in [0.1, 0.15) is 29.0 Å². The van der Waals surface area contributed by atoms with Crippen LogP contribution in [0.5, 0.6) is 11.5 Å². The average molecular weight is 767 g/mol. The van der Waals surface area contributed by atoms with Crippen molar-refractivity contribution in [3.63, 3.8) is 0 Å². The summed E-state index contributed by atoms with van der Waals surface area (Å²) in [6.45, 7) is 10.0. The van der Waals surface area contributed by atoms with Crippen molar-refractivity contribution >= 4 is 23.1 Å². The average Bonchev–Trinajstić information content (AvgIpc) is 3.51. The van der Waals surface area contributed by atoms with Gasteiger partial charge in [-0.05, 0) is 56.3 Å². The van der Waals surface area contributed by atoms with Crippen LogP contribution < -0.4 is 20.1 Å². The molecule has 0 saturated carbocycles. The van der Waals surface area contributed by atoms with Crippen molar-refractivity contribution in [2.75, 3.05) is 58.1 Å². The number of allylic oxidation sites excluding steroid dienone is 2. The monoisotopic (exact) mass is 766 g/mol. The first-order valence-electron chi connectivity index (χ1n) is 18.2. The van der Waals surface area contributed by atoms with Crippen LogP contribution in [-0.2, 0) is 17.8 Å². The molecule has 2 N–H and O–H groups in total. The number of carbonyl (C=O) groups is 1. The number of hydrogen-bond acceptors (Lipinski definition) is 9. The lowest BCUT2D eigenvalue weighted by Gasteiger charge is -2.31. The summed E-state index contributed by atoms with van der Waals surface area (Å²) in [5.74, 6) is -1.94. The number of anilines is 3. The van der Waals surface area contributed by atoms with Crippen molar-refractivity contribution in [3.05, 3.63) is 101 Å². The molecule has 10 nitrogen and oxygen atoms in total. The minimum absolute atomic E-state index is 0.0345. The van der Waals surface area contributed by atoms with E-state index in [1.165, 1.54) is 19.2 Å². The SMILES string of the molecule is C/C=C(\C)OC.CC.COc1ccc(CN2Cc3nc(-c4c(F)cccc4F)cc(Nc4ccc(NCCN5CCC(F)(F)CC5)cn4)c3C2=O)c(OC)c1. The molecule has 14 heteroatoms. The van der Waals surface area contributed by atoms with Gasteiger partial charge in [-0.25, -0.2) is 27.5 Å². The molecular weight excluding hydrogens is 716 g/mol. The Labute approximate surface area is 320 Å². The van der Waals surface area contributed by atoms with Gasteiger partial charge in [-0.2, -0.15) is 0 Å². The lowest BCUT2D eigenvalue weighted by atomic mass is 10.1. The molecule has 2 aliphatic rings. The van der Waals surface area contributed by atoms with Crippen LogP contribution in [0.15, 0.2) is 72.6 Å². The van der Waals surface area contributed by atoms with Crippen molar-refractivity contribution in [2.45, 2.75) is 59.5 Å². The van der Waals surface area contributed by atoms with Gasteiger partial charge in [0.05, 0.1) is 80.3 Å². The summed E-state index contributed by atoms with van der Waals surface area (Å²) in [6, 6.07) is 13.8. The number of methoxy groups -OCH3 is 3. The van der Waals surface area contributed by atoms with Crippen LogP contribution in [0.25, 0.3) is 11.3 Å². The number of aromatic nitrogens is 2. The Hall–Kier alpha value is -5.37. The van der Waals surface area contributed by atoms with E-state index in [0.717, 1.165) is 29.1 Å². The smallest absolute Gasteiger partial charge is 0.258 e. The second kappa shape index (κ2) is 19.8. The van der Waals surface area contributed by atoms with E-state index in [9.17, 15) is 22.4 Å². The first-order valence-corrected chi connectivity index (χ1v) is 18.2. The first-order chi connectivity index (χ1) is 26.4. The summed E-state index contributed by atoms with van der Waals surface area (Å²) in [7, 11) is 4.74. The molecule has 0 atom stereocenters. The van der Waals surface area contributed by atoms with E-state index in [2.05, 4.69) is 20.6 Å². The maximum Gasteiger partial charge on any atom is 0.258 e. The molecule has 0 radical (unpaired) electrons. The molecule has 0 aliphatic carbocycles. The van der Waals surface area contributed by atoms with Crippen molar-refractivity contribution in [3.8, 4) is 22.8 Å². The molecule has 0 unspecified atom stereocenters. The number of benzene rings is 2.